The molecule has 3 nitrogen and oxygen atoms in total. The minimum atomic E-state index is -0.248. The van der Waals surface area contributed by atoms with E-state index in [1.54, 1.807) is 0 Å². The number of rotatable bonds is 5. The SMILES string of the molecule is CC(C)(C)C(O)CNC1CCN(CC2CC2)CC1. The van der Waals surface area contributed by atoms with Crippen LogP contribution in [-0.4, -0.2) is 48.3 Å². The third-order valence-electron chi connectivity index (χ3n) is 4.40. The van der Waals surface area contributed by atoms with Crippen LogP contribution in [-0.2, 0) is 0 Å². The molecule has 2 N–H and O–H groups in total. The Morgan fingerprint density at radius 2 is 1.78 bits per heavy atom. The summed E-state index contributed by atoms with van der Waals surface area (Å²) in [5.74, 6) is 1.01. The lowest BCUT2D eigenvalue weighted by Crippen LogP contribution is -2.46. The summed E-state index contributed by atoms with van der Waals surface area (Å²) in [4.78, 5) is 2.62. The van der Waals surface area contributed by atoms with Crippen LogP contribution >= 0.6 is 0 Å². The highest BCUT2D eigenvalue weighted by Gasteiger charge is 2.28. The smallest absolute Gasteiger partial charge is 0.0712 e. The molecule has 1 unspecified atom stereocenters. The number of piperidine rings is 1. The Morgan fingerprint density at radius 1 is 1.17 bits per heavy atom. The fourth-order valence-corrected chi connectivity index (χ4v) is 2.57. The lowest BCUT2D eigenvalue weighted by Gasteiger charge is -2.34. The fraction of sp³-hybridized carbons (Fsp3) is 1.00. The molecule has 2 aliphatic rings. The van der Waals surface area contributed by atoms with Gasteiger partial charge in [-0.2, -0.15) is 0 Å². The van der Waals surface area contributed by atoms with Crippen molar-refractivity contribution in [3.8, 4) is 0 Å². The van der Waals surface area contributed by atoms with Gasteiger partial charge in [0, 0.05) is 19.1 Å². The maximum atomic E-state index is 10.0. The van der Waals surface area contributed by atoms with Gasteiger partial charge >= 0.3 is 0 Å². The Balaban J connectivity index is 1.61. The molecule has 0 bridgehead atoms. The van der Waals surface area contributed by atoms with E-state index in [1.165, 1.54) is 45.3 Å². The molecule has 3 heteroatoms. The van der Waals surface area contributed by atoms with Gasteiger partial charge in [-0.15, -0.1) is 0 Å². The lowest BCUT2D eigenvalue weighted by atomic mass is 9.89. The predicted molar refractivity (Wildman–Crippen MR) is 75.7 cm³/mol. The Labute approximate surface area is 112 Å². The van der Waals surface area contributed by atoms with E-state index in [0.717, 1.165) is 12.5 Å². The quantitative estimate of drug-likeness (QED) is 0.786. The number of hydrogen-bond acceptors (Lipinski definition) is 3. The molecule has 1 heterocycles. The molecule has 0 aromatic rings. The summed E-state index contributed by atoms with van der Waals surface area (Å²) in [7, 11) is 0. The molecule has 0 spiro atoms. The lowest BCUT2D eigenvalue weighted by molar-refractivity contribution is 0.0571. The van der Waals surface area contributed by atoms with Crippen molar-refractivity contribution >= 4 is 0 Å². The second-order valence-corrected chi connectivity index (χ2v) is 7.31. The Bertz CT molecular complexity index is 250. The molecule has 0 radical (unpaired) electrons. The minimum Gasteiger partial charge on any atom is -0.391 e. The molecule has 2 fully saturated rings. The van der Waals surface area contributed by atoms with Crippen LogP contribution in [0.5, 0.6) is 0 Å². The van der Waals surface area contributed by atoms with Crippen LogP contribution in [0.3, 0.4) is 0 Å². The van der Waals surface area contributed by atoms with E-state index >= 15 is 0 Å². The molecule has 18 heavy (non-hydrogen) atoms. The van der Waals surface area contributed by atoms with Crippen LogP contribution in [0.15, 0.2) is 0 Å². The number of aliphatic hydroxyl groups excluding tert-OH is 1. The summed E-state index contributed by atoms with van der Waals surface area (Å²) < 4.78 is 0. The van der Waals surface area contributed by atoms with Crippen molar-refractivity contribution < 1.29 is 5.11 Å². The van der Waals surface area contributed by atoms with Gasteiger partial charge in [-0.3, -0.25) is 0 Å². The van der Waals surface area contributed by atoms with E-state index in [9.17, 15) is 5.11 Å². The number of nitrogens with zero attached hydrogens (tertiary/aromatic N) is 1. The fourth-order valence-electron chi connectivity index (χ4n) is 2.57. The van der Waals surface area contributed by atoms with Crippen molar-refractivity contribution in [3.05, 3.63) is 0 Å². The number of hydrogen-bond donors (Lipinski definition) is 2. The highest BCUT2D eigenvalue weighted by molar-refractivity contribution is 4.84. The normalized spacial score (nSPS) is 25.3. The molecule has 1 aliphatic carbocycles. The topological polar surface area (TPSA) is 35.5 Å². The summed E-state index contributed by atoms with van der Waals surface area (Å²) in [6.07, 6.45) is 5.14. The van der Waals surface area contributed by atoms with Crippen LogP contribution in [0.25, 0.3) is 0 Å². The van der Waals surface area contributed by atoms with Crippen LogP contribution in [0.2, 0.25) is 0 Å². The summed E-state index contributed by atoms with van der Waals surface area (Å²) in [5.41, 5.74) is -0.0142. The van der Waals surface area contributed by atoms with Gasteiger partial charge < -0.3 is 15.3 Å². The van der Waals surface area contributed by atoms with Crippen LogP contribution in [0, 0.1) is 11.3 Å². The first-order chi connectivity index (χ1) is 8.45. The number of aliphatic hydroxyl groups is 1. The highest BCUT2D eigenvalue weighted by Crippen LogP contribution is 2.30. The summed E-state index contributed by atoms with van der Waals surface area (Å²) in [5, 5.41) is 13.6. The van der Waals surface area contributed by atoms with E-state index in [-0.39, 0.29) is 11.5 Å². The molecule has 2 rings (SSSR count). The Hall–Kier alpha value is -0.120. The summed E-state index contributed by atoms with van der Waals surface area (Å²) in [6, 6.07) is 0.609. The van der Waals surface area contributed by atoms with Gasteiger partial charge in [-0.1, -0.05) is 20.8 Å². The molecule has 1 saturated heterocycles. The van der Waals surface area contributed by atoms with Gasteiger partial charge in [-0.05, 0) is 50.1 Å². The zero-order chi connectivity index (χ0) is 13.2. The average molecular weight is 254 g/mol. The van der Waals surface area contributed by atoms with Crippen molar-refractivity contribution in [2.45, 2.75) is 58.6 Å². The summed E-state index contributed by atoms with van der Waals surface area (Å²) >= 11 is 0. The second-order valence-electron chi connectivity index (χ2n) is 7.31. The van der Waals surface area contributed by atoms with Crippen LogP contribution < -0.4 is 5.32 Å². The number of likely N-dealkylation sites (tertiary alicyclic amines) is 1. The van der Waals surface area contributed by atoms with Gasteiger partial charge in [-0.25, -0.2) is 0 Å². The highest BCUT2D eigenvalue weighted by atomic mass is 16.3. The van der Waals surface area contributed by atoms with Gasteiger partial charge in [0.2, 0.25) is 0 Å². The van der Waals surface area contributed by atoms with Crippen molar-refractivity contribution in [1.29, 1.82) is 0 Å². The molecule has 0 aromatic carbocycles. The first kappa shape index (κ1) is 14.3. The average Bonchev–Trinajstić information content (AvgIpc) is 3.10. The minimum absolute atomic E-state index is 0.0142. The second kappa shape index (κ2) is 5.89. The van der Waals surface area contributed by atoms with E-state index in [1.807, 2.05) is 0 Å². The van der Waals surface area contributed by atoms with E-state index in [2.05, 4.69) is 31.0 Å². The van der Waals surface area contributed by atoms with Crippen molar-refractivity contribution in [2.75, 3.05) is 26.2 Å². The molecule has 0 aromatic heterocycles. The predicted octanol–water partition coefficient (Wildman–Crippen LogP) is 1.86. The van der Waals surface area contributed by atoms with Crippen molar-refractivity contribution in [2.24, 2.45) is 11.3 Å². The molecule has 106 valence electrons. The Morgan fingerprint density at radius 3 is 2.28 bits per heavy atom. The molecule has 1 saturated carbocycles. The maximum Gasteiger partial charge on any atom is 0.0712 e. The van der Waals surface area contributed by atoms with Crippen molar-refractivity contribution in [1.82, 2.24) is 10.2 Å². The molecule has 0 amide bonds. The molecular weight excluding hydrogens is 224 g/mol. The van der Waals surface area contributed by atoms with Crippen LogP contribution in [0.1, 0.15) is 46.5 Å². The van der Waals surface area contributed by atoms with Crippen molar-refractivity contribution in [3.63, 3.8) is 0 Å². The third kappa shape index (κ3) is 4.52. The molecule has 1 atom stereocenters. The number of nitrogens with one attached hydrogen (secondary N) is 1. The zero-order valence-electron chi connectivity index (χ0n) is 12.3. The van der Waals surface area contributed by atoms with E-state index in [0.29, 0.717) is 6.04 Å². The first-order valence-corrected chi connectivity index (χ1v) is 7.59. The standard InChI is InChI=1S/C15H30N2O/c1-15(2,3)14(18)10-16-13-6-8-17(9-7-13)11-12-4-5-12/h12-14,16,18H,4-11H2,1-3H3. The van der Waals surface area contributed by atoms with Crippen LogP contribution in [0.4, 0.5) is 0 Å². The van der Waals surface area contributed by atoms with Gasteiger partial charge in [0.25, 0.3) is 0 Å². The van der Waals surface area contributed by atoms with Gasteiger partial charge in [0.1, 0.15) is 0 Å². The third-order valence-corrected chi connectivity index (χ3v) is 4.40. The molecule has 1 aliphatic heterocycles. The monoisotopic (exact) mass is 254 g/mol. The van der Waals surface area contributed by atoms with E-state index < -0.39 is 0 Å². The first-order valence-electron chi connectivity index (χ1n) is 7.59. The van der Waals surface area contributed by atoms with Gasteiger partial charge in [0.05, 0.1) is 6.10 Å². The summed E-state index contributed by atoms with van der Waals surface area (Å²) in [6.45, 7) is 10.8. The van der Waals surface area contributed by atoms with E-state index in [4.69, 9.17) is 0 Å². The zero-order valence-corrected chi connectivity index (χ0v) is 12.3. The molecular formula is C15H30N2O. The maximum absolute atomic E-state index is 10.0. The van der Waals surface area contributed by atoms with Gasteiger partial charge in [0.15, 0.2) is 0 Å². The Kier molecular flexibility index (Phi) is 4.68. The largest absolute Gasteiger partial charge is 0.391 e.